The Hall–Kier alpha value is -1.71. The van der Waals surface area contributed by atoms with Crippen molar-refractivity contribution in [1.82, 2.24) is 0 Å². The zero-order valence-electron chi connectivity index (χ0n) is 8.73. The molecule has 0 bridgehead atoms. The molecule has 0 fully saturated rings. The molecule has 1 aromatic rings. The normalized spacial score (nSPS) is 12.1. The summed E-state index contributed by atoms with van der Waals surface area (Å²) in [4.78, 5) is 11.4. The number of esters is 1. The summed E-state index contributed by atoms with van der Waals surface area (Å²) in [7, 11) is 0. The van der Waals surface area contributed by atoms with E-state index in [2.05, 4.69) is 0 Å². The van der Waals surface area contributed by atoms with Gasteiger partial charge in [0, 0.05) is 18.2 Å². The molecular weight excluding hydrogens is 196 g/mol. The van der Waals surface area contributed by atoms with Gasteiger partial charge in [0.25, 0.3) is 0 Å². The summed E-state index contributed by atoms with van der Waals surface area (Å²) in [5.74, 6) is -0.696. The van der Waals surface area contributed by atoms with Crippen molar-refractivity contribution in [2.75, 3.05) is 0 Å². The van der Waals surface area contributed by atoms with Gasteiger partial charge in [-0.2, -0.15) is 0 Å². The minimum absolute atomic E-state index is 0.137. The van der Waals surface area contributed by atoms with Crippen LogP contribution >= 0.6 is 0 Å². The molecule has 0 amide bonds. The van der Waals surface area contributed by atoms with E-state index in [0.717, 1.165) is 0 Å². The van der Waals surface area contributed by atoms with Gasteiger partial charge in [-0.1, -0.05) is 13.8 Å². The molecule has 1 rings (SSSR count). The number of rotatable bonds is 3. The highest BCUT2D eigenvalue weighted by Gasteiger charge is 2.13. The first-order valence-corrected chi connectivity index (χ1v) is 4.77. The van der Waals surface area contributed by atoms with Crippen molar-refractivity contribution >= 4 is 5.97 Å². The third kappa shape index (κ3) is 3.16. The smallest absolute Gasteiger partial charge is 0.314 e. The molecule has 0 spiro atoms. The molecule has 2 N–H and O–H groups in total. The van der Waals surface area contributed by atoms with Gasteiger partial charge in [0.2, 0.25) is 0 Å². The summed E-state index contributed by atoms with van der Waals surface area (Å²) in [6.45, 7) is 3.64. The van der Waals surface area contributed by atoms with Crippen molar-refractivity contribution in [2.45, 2.75) is 20.3 Å². The summed E-state index contributed by atoms with van der Waals surface area (Å²) in [6, 6.07) is 3.72. The molecule has 0 aliphatic carbocycles. The van der Waals surface area contributed by atoms with E-state index in [1.54, 1.807) is 6.92 Å². The van der Waals surface area contributed by atoms with Crippen LogP contribution in [0.5, 0.6) is 17.2 Å². The zero-order valence-corrected chi connectivity index (χ0v) is 8.73. The Morgan fingerprint density at radius 3 is 2.33 bits per heavy atom. The Labute approximate surface area is 88.1 Å². The number of ether oxygens (including phenoxy) is 1. The number of phenolic OH excluding ortho intramolecular Hbond substituents is 2. The van der Waals surface area contributed by atoms with Gasteiger partial charge in [0.15, 0.2) is 0 Å². The maximum Gasteiger partial charge on any atom is 0.314 e. The van der Waals surface area contributed by atoms with Crippen LogP contribution in [0.25, 0.3) is 0 Å². The molecular formula is C11H14O4. The third-order valence-electron chi connectivity index (χ3n) is 2.11. The van der Waals surface area contributed by atoms with E-state index in [9.17, 15) is 4.79 Å². The van der Waals surface area contributed by atoms with Crippen molar-refractivity contribution in [3.05, 3.63) is 18.2 Å². The average molecular weight is 210 g/mol. The Kier molecular flexibility index (Phi) is 3.55. The fraction of sp³-hybridized carbons (Fsp3) is 0.364. The van der Waals surface area contributed by atoms with Crippen LogP contribution in [0.1, 0.15) is 20.3 Å². The van der Waals surface area contributed by atoms with Gasteiger partial charge in [-0.15, -0.1) is 0 Å². The summed E-state index contributed by atoms with van der Waals surface area (Å²) in [6.07, 6.45) is 0.684. The topological polar surface area (TPSA) is 66.8 Å². The van der Waals surface area contributed by atoms with Crippen molar-refractivity contribution in [1.29, 1.82) is 0 Å². The monoisotopic (exact) mass is 210 g/mol. The Balaban J connectivity index is 2.76. The predicted molar refractivity (Wildman–Crippen MR) is 54.9 cm³/mol. The van der Waals surface area contributed by atoms with Crippen molar-refractivity contribution in [3.63, 3.8) is 0 Å². The summed E-state index contributed by atoms with van der Waals surface area (Å²) in [5, 5.41) is 18.3. The van der Waals surface area contributed by atoms with E-state index >= 15 is 0 Å². The van der Waals surface area contributed by atoms with Gasteiger partial charge >= 0.3 is 5.97 Å². The second-order valence-corrected chi connectivity index (χ2v) is 3.42. The summed E-state index contributed by atoms with van der Waals surface area (Å²) < 4.78 is 4.97. The van der Waals surface area contributed by atoms with Gasteiger partial charge in [0.1, 0.15) is 17.2 Å². The summed E-state index contributed by atoms with van der Waals surface area (Å²) in [5.41, 5.74) is 0. The van der Waals surface area contributed by atoms with Crippen LogP contribution < -0.4 is 4.74 Å². The summed E-state index contributed by atoms with van der Waals surface area (Å²) >= 11 is 0. The van der Waals surface area contributed by atoms with Crippen molar-refractivity contribution < 1.29 is 19.7 Å². The van der Waals surface area contributed by atoms with Gasteiger partial charge in [-0.05, 0) is 6.42 Å². The lowest BCUT2D eigenvalue weighted by atomic mass is 10.1. The Morgan fingerprint density at radius 2 is 1.87 bits per heavy atom. The van der Waals surface area contributed by atoms with E-state index in [1.165, 1.54) is 18.2 Å². The van der Waals surface area contributed by atoms with Crippen LogP contribution in [0, 0.1) is 5.92 Å². The number of hydrogen-bond donors (Lipinski definition) is 2. The second kappa shape index (κ2) is 4.68. The number of carbonyl (C=O) groups is 1. The Bertz CT molecular complexity index is 339. The molecule has 15 heavy (non-hydrogen) atoms. The first-order chi connectivity index (χ1) is 7.02. The highest BCUT2D eigenvalue weighted by Crippen LogP contribution is 2.26. The van der Waals surface area contributed by atoms with Crippen LogP contribution in [0.4, 0.5) is 0 Å². The van der Waals surface area contributed by atoms with Crippen LogP contribution in [0.15, 0.2) is 18.2 Å². The second-order valence-electron chi connectivity index (χ2n) is 3.42. The van der Waals surface area contributed by atoms with E-state index in [4.69, 9.17) is 14.9 Å². The molecule has 82 valence electrons. The fourth-order valence-electron chi connectivity index (χ4n) is 1.01. The van der Waals surface area contributed by atoms with E-state index in [-0.39, 0.29) is 29.1 Å². The van der Waals surface area contributed by atoms with Crippen molar-refractivity contribution in [2.24, 2.45) is 5.92 Å². The number of phenols is 2. The molecule has 0 saturated heterocycles. The van der Waals surface area contributed by atoms with Gasteiger partial charge < -0.3 is 14.9 Å². The zero-order chi connectivity index (χ0) is 11.4. The van der Waals surface area contributed by atoms with Crippen LogP contribution in [0.3, 0.4) is 0 Å². The van der Waals surface area contributed by atoms with Crippen LogP contribution in [-0.4, -0.2) is 16.2 Å². The minimum Gasteiger partial charge on any atom is -0.508 e. The van der Waals surface area contributed by atoms with Crippen LogP contribution in [0.2, 0.25) is 0 Å². The maximum atomic E-state index is 11.4. The predicted octanol–water partition coefficient (Wildman–Crippen LogP) is 2.05. The standard InChI is InChI=1S/C11H14O4/c1-3-7(2)11(14)15-10-5-8(12)4-9(13)6-10/h4-7,12-13H,3H2,1-2H3/t7-/m1/s1. The number of hydrogen-bond acceptors (Lipinski definition) is 4. The number of benzene rings is 1. The van der Waals surface area contributed by atoms with E-state index in [0.29, 0.717) is 6.42 Å². The average Bonchev–Trinajstić information content (AvgIpc) is 2.14. The molecule has 1 atom stereocenters. The third-order valence-corrected chi connectivity index (χ3v) is 2.11. The molecule has 0 heterocycles. The molecule has 0 aliphatic heterocycles. The lowest BCUT2D eigenvalue weighted by molar-refractivity contribution is -0.138. The van der Waals surface area contributed by atoms with Crippen LogP contribution in [-0.2, 0) is 4.79 Å². The molecule has 0 aromatic heterocycles. The minimum atomic E-state index is -0.373. The molecule has 4 nitrogen and oxygen atoms in total. The van der Waals surface area contributed by atoms with E-state index < -0.39 is 0 Å². The molecule has 0 saturated carbocycles. The van der Waals surface area contributed by atoms with Gasteiger partial charge in [-0.25, -0.2) is 0 Å². The first-order valence-electron chi connectivity index (χ1n) is 4.77. The molecule has 0 radical (unpaired) electrons. The number of carbonyl (C=O) groups excluding carboxylic acids is 1. The molecule has 1 aromatic carbocycles. The first kappa shape index (κ1) is 11.4. The van der Waals surface area contributed by atoms with E-state index in [1.807, 2.05) is 6.92 Å². The molecule has 0 unspecified atom stereocenters. The highest BCUT2D eigenvalue weighted by molar-refractivity contribution is 5.74. The molecule has 0 aliphatic rings. The lowest BCUT2D eigenvalue weighted by Crippen LogP contribution is -2.16. The van der Waals surface area contributed by atoms with Gasteiger partial charge in [-0.3, -0.25) is 4.79 Å². The largest absolute Gasteiger partial charge is 0.508 e. The number of aromatic hydroxyl groups is 2. The maximum absolute atomic E-state index is 11.4. The Morgan fingerprint density at radius 1 is 1.33 bits per heavy atom. The molecule has 4 heteroatoms. The van der Waals surface area contributed by atoms with Crippen molar-refractivity contribution in [3.8, 4) is 17.2 Å². The van der Waals surface area contributed by atoms with Gasteiger partial charge in [0.05, 0.1) is 5.92 Å². The highest BCUT2D eigenvalue weighted by atomic mass is 16.5. The fourth-order valence-corrected chi connectivity index (χ4v) is 1.01. The SMILES string of the molecule is CC[C@@H](C)C(=O)Oc1cc(O)cc(O)c1. The quantitative estimate of drug-likeness (QED) is 0.592. The lowest BCUT2D eigenvalue weighted by Gasteiger charge is -2.09.